The molecule has 0 saturated carbocycles. The normalized spacial score (nSPS) is 10.6. The molecule has 0 aliphatic heterocycles. The Morgan fingerprint density at radius 3 is 2.35 bits per heavy atom. The van der Waals surface area contributed by atoms with Gasteiger partial charge < -0.3 is 5.11 Å². The number of hydrogen-bond donors (Lipinski definition) is 1. The number of halogens is 1. The van der Waals surface area contributed by atoms with E-state index in [0.717, 1.165) is 21.4 Å². The molecule has 104 valence electrons. The van der Waals surface area contributed by atoms with Crippen LogP contribution in [0.25, 0.3) is 0 Å². The first-order valence-corrected chi connectivity index (χ1v) is 7.52. The molecule has 0 spiro atoms. The zero-order valence-corrected chi connectivity index (χ0v) is 13.7. The van der Waals surface area contributed by atoms with Gasteiger partial charge in [0.15, 0.2) is 5.16 Å². The minimum Gasteiger partial charge on any atom is -0.478 e. The van der Waals surface area contributed by atoms with Gasteiger partial charge >= 0.3 is 5.97 Å². The first kappa shape index (κ1) is 15.0. The fourth-order valence-corrected chi connectivity index (χ4v) is 3.17. The molecular weight excluding hydrogens is 340 g/mol. The second kappa shape index (κ2) is 5.93. The van der Waals surface area contributed by atoms with E-state index in [1.54, 1.807) is 18.2 Å². The Morgan fingerprint density at radius 2 is 1.80 bits per heavy atom. The van der Waals surface area contributed by atoms with Gasteiger partial charge in [-0.3, -0.25) is 0 Å². The van der Waals surface area contributed by atoms with Crippen LogP contribution in [0.4, 0.5) is 0 Å². The maximum absolute atomic E-state index is 11.2. The largest absolute Gasteiger partial charge is 0.478 e. The molecule has 0 radical (unpaired) electrons. The van der Waals surface area contributed by atoms with E-state index in [1.807, 2.05) is 20.8 Å². The molecule has 2 rings (SSSR count). The molecule has 2 aromatic rings. The Morgan fingerprint density at radius 1 is 1.20 bits per heavy atom. The van der Waals surface area contributed by atoms with E-state index < -0.39 is 5.97 Å². The van der Waals surface area contributed by atoms with E-state index in [2.05, 4.69) is 25.9 Å². The highest BCUT2D eigenvalue weighted by molar-refractivity contribution is 9.10. The summed E-state index contributed by atoms with van der Waals surface area (Å²) in [6.07, 6.45) is 0. The molecular formula is C14H13BrN2O2S. The standard InChI is InChI=1S/C14H13BrN2O2S/c1-7-8(2)16-14(17-9(7)3)20-12-6-10(15)4-5-11(12)13(18)19/h4-6H,1-3H3,(H,18,19). The van der Waals surface area contributed by atoms with Crippen molar-refractivity contribution in [1.82, 2.24) is 9.97 Å². The summed E-state index contributed by atoms with van der Waals surface area (Å²) >= 11 is 4.61. The highest BCUT2D eigenvalue weighted by atomic mass is 79.9. The van der Waals surface area contributed by atoms with Gasteiger partial charge in [-0.2, -0.15) is 0 Å². The quantitative estimate of drug-likeness (QED) is 0.845. The average molecular weight is 353 g/mol. The van der Waals surface area contributed by atoms with Crippen molar-refractivity contribution in [2.75, 3.05) is 0 Å². The van der Waals surface area contributed by atoms with Crippen molar-refractivity contribution in [3.8, 4) is 0 Å². The Labute approximate surface area is 129 Å². The van der Waals surface area contributed by atoms with Crippen molar-refractivity contribution in [1.29, 1.82) is 0 Å². The number of rotatable bonds is 3. The van der Waals surface area contributed by atoms with Gasteiger partial charge in [-0.1, -0.05) is 15.9 Å². The molecule has 20 heavy (non-hydrogen) atoms. The maximum Gasteiger partial charge on any atom is 0.336 e. The minimum absolute atomic E-state index is 0.248. The molecule has 0 saturated heterocycles. The number of aryl methyl sites for hydroxylation is 2. The van der Waals surface area contributed by atoms with Crippen LogP contribution in [-0.2, 0) is 0 Å². The topological polar surface area (TPSA) is 63.1 Å². The lowest BCUT2D eigenvalue weighted by Crippen LogP contribution is -2.01. The summed E-state index contributed by atoms with van der Waals surface area (Å²) in [7, 11) is 0. The van der Waals surface area contributed by atoms with Crippen molar-refractivity contribution in [2.45, 2.75) is 30.8 Å². The zero-order chi connectivity index (χ0) is 14.9. The first-order valence-electron chi connectivity index (χ1n) is 5.91. The Hall–Kier alpha value is -1.40. The summed E-state index contributed by atoms with van der Waals surface area (Å²) in [6, 6.07) is 5.05. The summed E-state index contributed by atoms with van der Waals surface area (Å²) in [5, 5.41) is 9.78. The SMILES string of the molecule is Cc1nc(Sc2cc(Br)ccc2C(=O)O)nc(C)c1C. The van der Waals surface area contributed by atoms with Crippen molar-refractivity contribution < 1.29 is 9.90 Å². The summed E-state index contributed by atoms with van der Waals surface area (Å²) in [5.74, 6) is -0.958. The molecule has 0 bridgehead atoms. The van der Waals surface area contributed by atoms with Crippen LogP contribution in [0.3, 0.4) is 0 Å². The van der Waals surface area contributed by atoms with Crippen LogP contribution in [0, 0.1) is 20.8 Å². The average Bonchev–Trinajstić information content (AvgIpc) is 2.35. The van der Waals surface area contributed by atoms with Gasteiger partial charge in [0.25, 0.3) is 0 Å². The van der Waals surface area contributed by atoms with Gasteiger partial charge in [-0.25, -0.2) is 14.8 Å². The van der Waals surface area contributed by atoms with Crippen molar-refractivity contribution in [3.05, 3.63) is 45.2 Å². The minimum atomic E-state index is -0.958. The molecule has 0 atom stereocenters. The van der Waals surface area contributed by atoms with E-state index in [-0.39, 0.29) is 5.56 Å². The van der Waals surface area contributed by atoms with Gasteiger partial charge in [-0.15, -0.1) is 0 Å². The predicted molar refractivity (Wildman–Crippen MR) is 81.5 cm³/mol. The number of aromatic carboxylic acids is 1. The second-order valence-electron chi connectivity index (χ2n) is 4.35. The van der Waals surface area contributed by atoms with Crippen LogP contribution in [0.5, 0.6) is 0 Å². The zero-order valence-electron chi connectivity index (χ0n) is 11.3. The smallest absolute Gasteiger partial charge is 0.336 e. The van der Waals surface area contributed by atoms with E-state index in [0.29, 0.717) is 10.1 Å². The molecule has 1 N–H and O–H groups in total. The molecule has 1 aromatic carbocycles. The maximum atomic E-state index is 11.2. The van der Waals surface area contributed by atoms with Gasteiger partial charge in [0.2, 0.25) is 0 Å². The summed E-state index contributed by atoms with van der Waals surface area (Å²) in [5.41, 5.74) is 3.12. The van der Waals surface area contributed by atoms with Crippen molar-refractivity contribution in [3.63, 3.8) is 0 Å². The monoisotopic (exact) mass is 352 g/mol. The number of benzene rings is 1. The highest BCUT2D eigenvalue weighted by Gasteiger charge is 2.14. The third-order valence-electron chi connectivity index (χ3n) is 2.99. The van der Waals surface area contributed by atoms with Crippen LogP contribution >= 0.6 is 27.7 Å². The summed E-state index contributed by atoms with van der Waals surface area (Å²) in [4.78, 5) is 20.7. The highest BCUT2D eigenvalue weighted by Crippen LogP contribution is 2.31. The molecule has 4 nitrogen and oxygen atoms in total. The lowest BCUT2D eigenvalue weighted by atomic mass is 10.2. The van der Waals surface area contributed by atoms with Crippen LogP contribution in [0.2, 0.25) is 0 Å². The molecule has 0 aliphatic carbocycles. The van der Waals surface area contributed by atoms with Gasteiger partial charge in [0, 0.05) is 20.8 Å². The second-order valence-corrected chi connectivity index (χ2v) is 6.27. The van der Waals surface area contributed by atoms with E-state index >= 15 is 0 Å². The molecule has 0 aliphatic rings. The van der Waals surface area contributed by atoms with E-state index in [9.17, 15) is 9.90 Å². The summed E-state index contributed by atoms with van der Waals surface area (Å²) in [6.45, 7) is 5.82. The van der Waals surface area contributed by atoms with Gasteiger partial charge in [0.05, 0.1) is 5.56 Å². The van der Waals surface area contributed by atoms with Crippen LogP contribution < -0.4 is 0 Å². The number of aromatic nitrogens is 2. The Balaban J connectivity index is 2.44. The van der Waals surface area contributed by atoms with Crippen LogP contribution in [0.1, 0.15) is 27.3 Å². The molecule has 1 aromatic heterocycles. The number of carboxylic acid groups (broad SMARTS) is 1. The Kier molecular flexibility index (Phi) is 4.45. The number of carbonyl (C=O) groups is 1. The lowest BCUT2D eigenvalue weighted by Gasteiger charge is -2.08. The third-order valence-corrected chi connectivity index (χ3v) is 4.40. The Bertz CT molecular complexity index is 666. The van der Waals surface area contributed by atoms with Crippen LogP contribution in [-0.4, -0.2) is 21.0 Å². The molecule has 1 heterocycles. The molecule has 6 heteroatoms. The van der Waals surface area contributed by atoms with Crippen molar-refractivity contribution in [2.24, 2.45) is 0 Å². The van der Waals surface area contributed by atoms with Gasteiger partial charge in [0.1, 0.15) is 0 Å². The van der Waals surface area contributed by atoms with Gasteiger partial charge in [-0.05, 0) is 56.3 Å². The fraction of sp³-hybridized carbons (Fsp3) is 0.214. The number of hydrogen-bond acceptors (Lipinski definition) is 4. The van der Waals surface area contributed by atoms with E-state index in [1.165, 1.54) is 11.8 Å². The first-order chi connectivity index (χ1) is 9.38. The van der Waals surface area contributed by atoms with Crippen LogP contribution in [0.15, 0.2) is 32.7 Å². The molecule has 0 fully saturated rings. The lowest BCUT2D eigenvalue weighted by molar-refractivity contribution is 0.0693. The number of carboxylic acids is 1. The third kappa shape index (κ3) is 3.19. The van der Waals surface area contributed by atoms with Crippen molar-refractivity contribution >= 4 is 33.7 Å². The fourth-order valence-electron chi connectivity index (χ4n) is 1.64. The molecule has 0 amide bonds. The molecule has 0 unspecified atom stereocenters. The predicted octanol–water partition coefficient (Wildman–Crippen LogP) is 4.01. The number of nitrogens with zero attached hydrogens (tertiary/aromatic N) is 2. The summed E-state index contributed by atoms with van der Waals surface area (Å²) < 4.78 is 0.825. The van der Waals surface area contributed by atoms with E-state index in [4.69, 9.17) is 0 Å².